The van der Waals surface area contributed by atoms with Crippen LogP contribution < -0.4 is 5.32 Å². The van der Waals surface area contributed by atoms with Crippen molar-refractivity contribution in [3.8, 4) is 11.1 Å². The van der Waals surface area contributed by atoms with Crippen LogP contribution in [0.15, 0.2) is 115 Å². The lowest BCUT2D eigenvalue weighted by molar-refractivity contribution is 0.0945. The number of fused-ring (bicyclic) bond motifs is 2. The monoisotopic (exact) mass is 551 g/mol. The Bertz CT molecular complexity index is 1910. The molecule has 0 aliphatic heterocycles. The van der Waals surface area contributed by atoms with E-state index in [9.17, 15) is 4.79 Å². The molecule has 42 heavy (non-hydrogen) atoms. The van der Waals surface area contributed by atoms with Crippen LogP contribution in [0.2, 0.25) is 0 Å². The van der Waals surface area contributed by atoms with Gasteiger partial charge in [0.15, 0.2) is 0 Å². The second-order valence-electron chi connectivity index (χ2n) is 11.5. The molecule has 1 fully saturated rings. The second kappa shape index (κ2) is 10.5. The molecule has 5 aromatic rings. The lowest BCUT2D eigenvalue weighted by Gasteiger charge is -2.19. The quantitative estimate of drug-likeness (QED) is 0.239. The van der Waals surface area contributed by atoms with Crippen molar-refractivity contribution in [2.24, 2.45) is 0 Å². The zero-order valence-electron chi connectivity index (χ0n) is 23.9. The van der Waals surface area contributed by atoms with Gasteiger partial charge in [-0.15, -0.1) is 0 Å². The van der Waals surface area contributed by atoms with Crippen molar-refractivity contribution in [3.05, 3.63) is 132 Å². The maximum Gasteiger partial charge on any atom is 0.251 e. The summed E-state index contributed by atoms with van der Waals surface area (Å²) in [6.45, 7) is 4.20. The van der Waals surface area contributed by atoms with E-state index in [1.54, 1.807) is 0 Å². The molecule has 0 spiro atoms. The summed E-state index contributed by atoms with van der Waals surface area (Å²) in [7, 11) is 0. The first-order valence-corrected chi connectivity index (χ1v) is 14.6. The molecule has 7 rings (SSSR count). The standard InChI is InChI=1S/C36H33N5O/c1-24-8-5-3-4-6-10-31(24)25(2)40-34(42)27-13-11-26(12-14-27)29-21-38-35-39-22-33(41(35)23-29)36(17-18-36)30-15-16-32-28(20-30)9-7-19-37-32/h3-4,6-7,9-16,19-23,25H,5,8,17-18H2,1-2H3,(H,40,42). The molecule has 0 bridgehead atoms. The number of rotatable bonds is 6. The van der Waals surface area contributed by atoms with Crippen LogP contribution in [0.25, 0.3) is 27.8 Å². The molecule has 1 amide bonds. The van der Waals surface area contributed by atoms with Gasteiger partial charge in [0.2, 0.25) is 5.78 Å². The van der Waals surface area contributed by atoms with E-state index in [0.717, 1.165) is 53.4 Å². The minimum absolute atomic E-state index is 0.0696. The first-order chi connectivity index (χ1) is 20.5. The summed E-state index contributed by atoms with van der Waals surface area (Å²) in [5.74, 6) is 0.614. The molecule has 6 heteroatoms. The Balaban J connectivity index is 1.14. The van der Waals surface area contributed by atoms with E-state index in [4.69, 9.17) is 0 Å². The first kappa shape index (κ1) is 26.1. The fraction of sp³-hybridized carbons (Fsp3) is 0.222. The zero-order valence-corrected chi connectivity index (χ0v) is 23.9. The van der Waals surface area contributed by atoms with Crippen LogP contribution >= 0.6 is 0 Å². The number of nitrogens with zero attached hydrogens (tertiary/aromatic N) is 4. The summed E-state index contributed by atoms with van der Waals surface area (Å²) < 4.78 is 2.13. The van der Waals surface area contributed by atoms with E-state index < -0.39 is 0 Å². The van der Waals surface area contributed by atoms with Crippen LogP contribution in [0.4, 0.5) is 0 Å². The number of amides is 1. The average molecular weight is 552 g/mol. The minimum atomic E-state index is -0.0768. The summed E-state index contributed by atoms with van der Waals surface area (Å²) in [5, 5.41) is 4.33. The number of carbonyl (C=O) groups is 1. The molecule has 0 radical (unpaired) electrons. The summed E-state index contributed by atoms with van der Waals surface area (Å²) in [4.78, 5) is 26.9. The molecule has 208 valence electrons. The average Bonchev–Trinajstić information content (AvgIpc) is 3.70. The summed E-state index contributed by atoms with van der Waals surface area (Å²) in [5.41, 5.74) is 8.49. The number of aromatic nitrogens is 4. The Hall–Kier alpha value is -4.84. The molecule has 1 N–H and O–H groups in total. The molecule has 2 aliphatic carbocycles. The van der Waals surface area contributed by atoms with Gasteiger partial charge in [0, 0.05) is 40.5 Å². The lowest BCUT2D eigenvalue weighted by atomic mass is 9.91. The smallest absolute Gasteiger partial charge is 0.251 e. The third kappa shape index (κ3) is 4.73. The van der Waals surface area contributed by atoms with Crippen molar-refractivity contribution in [1.82, 2.24) is 24.7 Å². The van der Waals surface area contributed by atoms with E-state index in [2.05, 4.69) is 86.4 Å². The highest BCUT2D eigenvalue weighted by molar-refractivity contribution is 5.95. The number of allylic oxidation sites excluding steroid dienone is 4. The molecule has 2 aromatic carbocycles. The predicted octanol–water partition coefficient (Wildman–Crippen LogP) is 7.37. The molecule has 1 atom stereocenters. The first-order valence-electron chi connectivity index (χ1n) is 14.6. The molecule has 1 unspecified atom stereocenters. The zero-order chi connectivity index (χ0) is 28.7. The summed E-state index contributed by atoms with van der Waals surface area (Å²) in [6, 6.07) is 18.4. The summed E-state index contributed by atoms with van der Waals surface area (Å²) >= 11 is 0. The fourth-order valence-electron chi connectivity index (χ4n) is 6.17. The molecular weight excluding hydrogens is 518 g/mol. The summed E-state index contributed by atoms with van der Waals surface area (Å²) in [6.07, 6.45) is 20.4. The molecule has 2 aliphatic rings. The van der Waals surface area contributed by atoms with Crippen molar-refractivity contribution in [2.45, 2.75) is 51.0 Å². The predicted molar refractivity (Wildman–Crippen MR) is 167 cm³/mol. The topological polar surface area (TPSA) is 72.2 Å². The molecular formula is C36H33N5O. The Morgan fingerprint density at radius 2 is 1.81 bits per heavy atom. The van der Waals surface area contributed by atoms with Crippen molar-refractivity contribution in [1.29, 1.82) is 0 Å². The Morgan fingerprint density at radius 1 is 0.976 bits per heavy atom. The Kier molecular flexibility index (Phi) is 6.54. The highest BCUT2D eigenvalue weighted by Crippen LogP contribution is 2.53. The van der Waals surface area contributed by atoms with Gasteiger partial charge in [-0.3, -0.25) is 14.2 Å². The van der Waals surface area contributed by atoms with Crippen molar-refractivity contribution >= 4 is 22.6 Å². The van der Waals surface area contributed by atoms with Gasteiger partial charge >= 0.3 is 0 Å². The van der Waals surface area contributed by atoms with Crippen LogP contribution in [0.3, 0.4) is 0 Å². The van der Waals surface area contributed by atoms with E-state index in [1.165, 1.54) is 16.7 Å². The third-order valence-electron chi connectivity index (χ3n) is 8.76. The van der Waals surface area contributed by atoms with Crippen molar-refractivity contribution < 1.29 is 4.79 Å². The normalized spacial score (nSPS) is 16.8. The van der Waals surface area contributed by atoms with Crippen LogP contribution in [-0.2, 0) is 5.41 Å². The molecule has 3 heterocycles. The van der Waals surface area contributed by atoms with Crippen LogP contribution in [0.1, 0.15) is 61.1 Å². The van der Waals surface area contributed by atoms with Gasteiger partial charge in [0.25, 0.3) is 5.91 Å². The highest BCUT2D eigenvalue weighted by atomic mass is 16.1. The van der Waals surface area contributed by atoms with Gasteiger partial charge in [-0.1, -0.05) is 54.1 Å². The Morgan fingerprint density at radius 3 is 2.64 bits per heavy atom. The molecule has 6 nitrogen and oxygen atoms in total. The van der Waals surface area contributed by atoms with Gasteiger partial charge < -0.3 is 5.32 Å². The SMILES string of the molecule is CC1=C(C(C)NC(=O)c2ccc(-c3cnc4ncc(C5(c6ccc7ncccc7c6)CC5)n4c3)cc2)C=CC=CCC1. The van der Waals surface area contributed by atoms with Gasteiger partial charge in [-0.05, 0) is 86.6 Å². The van der Waals surface area contributed by atoms with E-state index in [-0.39, 0.29) is 17.4 Å². The van der Waals surface area contributed by atoms with Gasteiger partial charge in [0.05, 0.1) is 23.4 Å². The minimum Gasteiger partial charge on any atom is -0.346 e. The van der Waals surface area contributed by atoms with Crippen molar-refractivity contribution in [3.63, 3.8) is 0 Å². The number of carbonyl (C=O) groups excluding carboxylic acids is 1. The second-order valence-corrected chi connectivity index (χ2v) is 11.5. The van der Waals surface area contributed by atoms with Crippen LogP contribution in [0, 0.1) is 0 Å². The van der Waals surface area contributed by atoms with E-state index in [0.29, 0.717) is 11.3 Å². The lowest BCUT2D eigenvalue weighted by Crippen LogP contribution is -2.34. The molecule has 1 saturated carbocycles. The van der Waals surface area contributed by atoms with Crippen LogP contribution in [0.5, 0.6) is 0 Å². The number of pyridine rings is 1. The largest absolute Gasteiger partial charge is 0.346 e. The number of benzene rings is 2. The number of hydrogen-bond donors (Lipinski definition) is 1. The third-order valence-corrected chi connectivity index (χ3v) is 8.76. The Labute approximate surface area is 245 Å². The van der Waals surface area contributed by atoms with Crippen LogP contribution in [-0.4, -0.2) is 31.3 Å². The molecule has 0 saturated heterocycles. The number of imidazole rings is 1. The van der Waals surface area contributed by atoms with E-state index in [1.807, 2.05) is 55.8 Å². The van der Waals surface area contributed by atoms with Gasteiger partial charge in [-0.25, -0.2) is 9.97 Å². The van der Waals surface area contributed by atoms with Gasteiger partial charge in [-0.2, -0.15) is 0 Å². The molecule has 3 aromatic heterocycles. The fourth-order valence-corrected chi connectivity index (χ4v) is 6.17. The number of nitrogens with one attached hydrogen (secondary N) is 1. The van der Waals surface area contributed by atoms with Gasteiger partial charge in [0.1, 0.15) is 0 Å². The highest BCUT2D eigenvalue weighted by Gasteiger charge is 2.48. The number of hydrogen-bond acceptors (Lipinski definition) is 4. The maximum atomic E-state index is 13.1. The maximum absolute atomic E-state index is 13.1. The van der Waals surface area contributed by atoms with Crippen molar-refractivity contribution in [2.75, 3.05) is 0 Å². The van der Waals surface area contributed by atoms with E-state index >= 15 is 0 Å².